The molecule has 2 amide bonds. The van der Waals surface area contributed by atoms with Crippen molar-refractivity contribution < 1.29 is 19.1 Å². The molecular formula is C25H29N3O4. The van der Waals surface area contributed by atoms with E-state index >= 15 is 0 Å². The Morgan fingerprint density at radius 2 is 1.88 bits per heavy atom. The number of nitrogens with zero attached hydrogens (tertiary/aromatic N) is 2. The normalized spacial score (nSPS) is 22.8. The molecule has 3 aliphatic rings. The summed E-state index contributed by atoms with van der Waals surface area (Å²) in [6.45, 7) is 7.48. The Morgan fingerprint density at radius 1 is 1.12 bits per heavy atom. The van der Waals surface area contributed by atoms with Crippen molar-refractivity contribution in [3.8, 4) is 11.5 Å². The molecule has 3 heterocycles. The lowest BCUT2D eigenvalue weighted by atomic mass is 9.94. The molecule has 0 aromatic heterocycles. The maximum Gasteiger partial charge on any atom is 0.250 e. The van der Waals surface area contributed by atoms with Crippen LogP contribution in [0.15, 0.2) is 42.5 Å². The molecule has 2 aromatic carbocycles. The van der Waals surface area contributed by atoms with Gasteiger partial charge in [-0.3, -0.25) is 19.4 Å². The number of carbonyl (C=O) groups is 2. The van der Waals surface area contributed by atoms with Crippen molar-refractivity contribution in [3.05, 3.63) is 48.0 Å². The average Bonchev–Trinajstić information content (AvgIpc) is 3.28. The molecule has 0 radical (unpaired) electrons. The summed E-state index contributed by atoms with van der Waals surface area (Å²) in [5.41, 5.74) is 1.56. The molecule has 2 atom stereocenters. The van der Waals surface area contributed by atoms with E-state index in [0.29, 0.717) is 18.9 Å². The largest absolute Gasteiger partial charge is 0.486 e. The first kappa shape index (κ1) is 20.8. The Kier molecular flexibility index (Phi) is 5.08. The molecule has 7 heteroatoms. The van der Waals surface area contributed by atoms with Gasteiger partial charge in [0, 0.05) is 6.04 Å². The van der Waals surface area contributed by atoms with Gasteiger partial charge in [0.05, 0.1) is 17.4 Å². The standard InChI is InChI=1S/C25H29N3O4/c1-16(23(29)28-20-8-5-4-7-18(20)26-24(30)25(28,2)3)27-12-6-9-19(27)17-10-11-21-22(15-17)32-14-13-31-21/h4-5,7-8,10-11,15-16,19H,6,9,12-14H2,1-3H3,(H,26,30)/t16-,19-/m0/s1. The Labute approximate surface area is 188 Å². The molecule has 1 saturated heterocycles. The van der Waals surface area contributed by atoms with E-state index in [-0.39, 0.29) is 23.9 Å². The lowest BCUT2D eigenvalue weighted by Gasteiger charge is -2.44. The molecule has 5 rings (SSSR count). The molecule has 1 N–H and O–H groups in total. The number of carbonyl (C=O) groups excluding carboxylic acids is 2. The number of fused-ring (bicyclic) bond motifs is 2. The van der Waals surface area contributed by atoms with Crippen LogP contribution in [0.4, 0.5) is 11.4 Å². The number of hydrogen-bond donors (Lipinski definition) is 1. The number of likely N-dealkylation sites (tertiary alicyclic amines) is 1. The summed E-state index contributed by atoms with van der Waals surface area (Å²) in [6.07, 6.45) is 1.98. The highest BCUT2D eigenvalue weighted by Gasteiger charge is 2.46. The van der Waals surface area contributed by atoms with Gasteiger partial charge in [0.15, 0.2) is 11.5 Å². The van der Waals surface area contributed by atoms with Crippen LogP contribution in [-0.4, -0.2) is 48.1 Å². The number of ether oxygens (including phenoxy) is 2. The third-order valence-corrected chi connectivity index (χ3v) is 6.83. The van der Waals surface area contributed by atoms with Crippen LogP contribution >= 0.6 is 0 Å². The van der Waals surface area contributed by atoms with Crippen molar-refractivity contribution in [1.82, 2.24) is 4.90 Å². The topological polar surface area (TPSA) is 71.1 Å². The summed E-state index contributed by atoms with van der Waals surface area (Å²) >= 11 is 0. The molecule has 0 saturated carbocycles. The van der Waals surface area contributed by atoms with E-state index in [0.717, 1.165) is 42.1 Å². The molecule has 1 fully saturated rings. The van der Waals surface area contributed by atoms with Gasteiger partial charge < -0.3 is 14.8 Å². The minimum Gasteiger partial charge on any atom is -0.486 e. The highest BCUT2D eigenvalue weighted by molar-refractivity contribution is 6.15. The van der Waals surface area contributed by atoms with Crippen molar-refractivity contribution in [3.63, 3.8) is 0 Å². The first-order valence-electron chi connectivity index (χ1n) is 11.3. The number of nitrogens with one attached hydrogen (secondary N) is 1. The molecule has 32 heavy (non-hydrogen) atoms. The van der Waals surface area contributed by atoms with Crippen LogP contribution < -0.4 is 19.7 Å². The molecule has 2 aromatic rings. The van der Waals surface area contributed by atoms with Crippen molar-refractivity contribution in [2.75, 3.05) is 30.0 Å². The van der Waals surface area contributed by atoms with Gasteiger partial charge in [-0.25, -0.2) is 0 Å². The predicted octanol–water partition coefficient (Wildman–Crippen LogP) is 3.75. The zero-order valence-electron chi connectivity index (χ0n) is 18.8. The Bertz CT molecular complexity index is 1070. The van der Waals surface area contributed by atoms with Gasteiger partial charge in [-0.1, -0.05) is 18.2 Å². The summed E-state index contributed by atoms with van der Waals surface area (Å²) in [4.78, 5) is 30.6. The first-order chi connectivity index (χ1) is 15.4. The Morgan fingerprint density at radius 3 is 2.69 bits per heavy atom. The van der Waals surface area contributed by atoms with Crippen LogP contribution in [0.3, 0.4) is 0 Å². The fourth-order valence-corrected chi connectivity index (χ4v) is 5.05. The number of anilines is 2. The number of amides is 2. The zero-order chi connectivity index (χ0) is 22.5. The van der Waals surface area contributed by atoms with Gasteiger partial charge in [-0.2, -0.15) is 0 Å². The van der Waals surface area contributed by atoms with Crippen molar-refractivity contribution >= 4 is 23.2 Å². The number of para-hydroxylation sites is 2. The summed E-state index contributed by atoms with van der Waals surface area (Å²) < 4.78 is 11.4. The lowest BCUT2D eigenvalue weighted by Crippen LogP contribution is -2.62. The van der Waals surface area contributed by atoms with Gasteiger partial charge in [0.25, 0.3) is 0 Å². The van der Waals surface area contributed by atoms with Gasteiger partial charge in [0.2, 0.25) is 11.8 Å². The zero-order valence-corrected chi connectivity index (χ0v) is 18.8. The van der Waals surface area contributed by atoms with E-state index in [1.54, 1.807) is 18.7 Å². The van der Waals surface area contributed by atoms with Crippen LogP contribution in [-0.2, 0) is 9.59 Å². The number of benzene rings is 2. The average molecular weight is 436 g/mol. The van der Waals surface area contributed by atoms with Crippen molar-refractivity contribution in [2.45, 2.75) is 51.2 Å². The van der Waals surface area contributed by atoms with Gasteiger partial charge in [0.1, 0.15) is 18.8 Å². The SMILES string of the molecule is C[C@@H](C(=O)N1c2ccccc2NC(=O)C1(C)C)N1CCC[C@H]1c1ccc2c(c1)OCCO2. The fraction of sp³-hybridized carbons (Fsp3) is 0.440. The van der Waals surface area contributed by atoms with E-state index < -0.39 is 5.54 Å². The summed E-state index contributed by atoms with van der Waals surface area (Å²) in [7, 11) is 0. The third kappa shape index (κ3) is 3.32. The Hall–Kier alpha value is -3.06. The quantitative estimate of drug-likeness (QED) is 0.795. The predicted molar refractivity (Wildman–Crippen MR) is 122 cm³/mol. The van der Waals surface area contributed by atoms with Crippen LogP contribution in [0.5, 0.6) is 11.5 Å². The maximum absolute atomic E-state index is 13.9. The molecule has 0 unspecified atom stereocenters. The summed E-state index contributed by atoms with van der Waals surface area (Å²) in [5, 5.41) is 2.93. The van der Waals surface area contributed by atoms with E-state index in [9.17, 15) is 9.59 Å². The van der Waals surface area contributed by atoms with Crippen molar-refractivity contribution in [2.24, 2.45) is 0 Å². The number of hydrogen-bond acceptors (Lipinski definition) is 5. The number of rotatable bonds is 3. The third-order valence-electron chi connectivity index (χ3n) is 6.83. The van der Waals surface area contributed by atoms with Crippen LogP contribution in [0.1, 0.15) is 45.2 Å². The van der Waals surface area contributed by atoms with Gasteiger partial charge >= 0.3 is 0 Å². The lowest BCUT2D eigenvalue weighted by molar-refractivity contribution is -0.129. The van der Waals surface area contributed by atoms with Crippen LogP contribution in [0.2, 0.25) is 0 Å². The Balaban J connectivity index is 1.45. The van der Waals surface area contributed by atoms with Crippen LogP contribution in [0.25, 0.3) is 0 Å². The second kappa shape index (κ2) is 7.81. The first-order valence-corrected chi connectivity index (χ1v) is 11.3. The van der Waals surface area contributed by atoms with E-state index in [4.69, 9.17) is 9.47 Å². The molecular weight excluding hydrogens is 406 g/mol. The van der Waals surface area contributed by atoms with Gasteiger partial charge in [-0.05, 0) is 70.0 Å². The molecule has 7 nitrogen and oxygen atoms in total. The highest BCUT2D eigenvalue weighted by atomic mass is 16.6. The van der Waals surface area contributed by atoms with Crippen LogP contribution in [0, 0.1) is 0 Å². The summed E-state index contributed by atoms with van der Waals surface area (Å²) in [6, 6.07) is 13.3. The molecule has 3 aliphatic heterocycles. The van der Waals surface area contributed by atoms with E-state index in [1.165, 1.54) is 0 Å². The van der Waals surface area contributed by atoms with E-state index in [2.05, 4.69) is 16.3 Å². The van der Waals surface area contributed by atoms with Gasteiger partial charge in [-0.15, -0.1) is 0 Å². The fourth-order valence-electron chi connectivity index (χ4n) is 5.05. The van der Waals surface area contributed by atoms with Crippen molar-refractivity contribution in [1.29, 1.82) is 0 Å². The van der Waals surface area contributed by atoms with E-state index in [1.807, 2.05) is 43.3 Å². The molecule has 0 aliphatic carbocycles. The molecule has 168 valence electrons. The monoisotopic (exact) mass is 435 g/mol. The second-order valence-corrected chi connectivity index (χ2v) is 9.18. The maximum atomic E-state index is 13.9. The smallest absolute Gasteiger partial charge is 0.250 e. The minimum absolute atomic E-state index is 0.0678. The second-order valence-electron chi connectivity index (χ2n) is 9.18. The highest BCUT2D eigenvalue weighted by Crippen LogP contribution is 2.41. The molecule has 0 spiro atoms. The minimum atomic E-state index is -0.980. The molecule has 0 bridgehead atoms. The summed E-state index contributed by atoms with van der Waals surface area (Å²) in [5.74, 6) is 1.29.